The number of ether oxygens (including phenoxy) is 2. The lowest BCUT2D eigenvalue weighted by Gasteiger charge is -2.26. The largest absolute Gasteiger partial charge is 0.497 e. The zero-order chi connectivity index (χ0) is 22.4. The molecule has 1 aromatic rings. The van der Waals surface area contributed by atoms with Crippen LogP contribution >= 0.6 is 0 Å². The summed E-state index contributed by atoms with van der Waals surface area (Å²) in [6.07, 6.45) is 5.74. The molecule has 0 aromatic heterocycles. The van der Waals surface area contributed by atoms with E-state index < -0.39 is 17.7 Å². The molecule has 0 radical (unpaired) electrons. The molecule has 1 heterocycles. The Bertz CT molecular complexity index is 782. The minimum absolute atomic E-state index is 0.0715. The molecular formula is C24H34N2O5. The molecule has 2 N–H and O–H groups in total. The fourth-order valence-corrected chi connectivity index (χ4v) is 4.21. The number of amides is 2. The van der Waals surface area contributed by atoms with Gasteiger partial charge in [0.15, 0.2) is 5.78 Å². The molecule has 1 aliphatic heterocycles. The van der Waals surface area contributed by atoms with Gasteiger partial charge in [0, 0.05) is 12.8 Å². The first-order valence-electron chi connectivity index (χ1n) is 11.3. The fourth-order valence-electron chi connectivity index (χ4n) is 4.21. The van der Waals surface area contributed by atoms with Crippen molar-refractivity contribution in [2.24, 2.45) is 5.92 Å². The van der Waals surface area contributed by atoms with Gasteiger partial charge >= 0.3 is 0 Å². The van der Waals surface area contributed by atoms with Crippen LogP contribution in [0.25, 0.3) is 0 Å². The molecule has 0 spiro atoms. The molecule has 3 unspecified atom stereocenters. The highest BCUT2D eigenvalue weighted by atomic mass is 16.6. The van der Waals surface area contributed by atoms with Crippen molar-refractivity contribution in [3.05, 3.63) is 29.8 Å². The molecule has 0 bridgehead atoms. The average Bonchev–Trinajstić information content (AvgIpc) is 3.31. The standard InChI is InChI=1S/C24H34N2O5/c1-4-21(27)25-20(14-17-9-11-18(30-3)12-10-17)23(29)26-19(13-16-7-5-6-8-16)22(28)24(2)15-31-24/h9-12,16,19-20H,4-8,13-15H2,1-3H3,(H,25,27)(H,26,29). The van der Waals surface area contributed by atoms with E-state index in [0.717, 1.165) is 24.2 Å². The van der Waals surface area contributed by atoms with Crippen molar-refractivity contribution >= 4 is 17.6 Å². The molecule has 2 amide bonds. The highest BCUT2D eigenvalue weighted by Gasteiger charge is 2.50. The predicted octanol–water partition coefficient (Wildman–Crippen LogP) is 2.56. The third-order valence-electron chi connectivity index (χ3n) is 6.35. The molecule has 31 heavy (non-hydrogen) atoms. The van der Waals surface area contributed by atoms with Crippen molar-refractivity contribution in [2.75, 3.05) is 13.7 Å². The fraction of sp³-hybridized carbons (Fsp3) is 0.625. The zero-order valence-corrected chi connectivity index (χ0v) is 18.7. The number of methoxy groups -OCH3 is 1. The number of hydrogen-bond donors (Lipinski definition) is 2. The second-order valence-corrected chi connectivity index (χ2v) is 8.86. The number of hydrogen-bond acceptors (Lipinski definition) is 5. The molecule has 2 aliphatic rings. The molecule has 7 heteroatoms. The summed E-state index contributed by atoms with van der Waals surface area (Å²) in [6.45, 7) is 3.91. The Morgan fingerprint density at radius 3 is 2.32 bits per heavy atom. The molecule has 7 nitrogen and oxygen atoms in total. The summed E-state index contributed by atoms with van der Waals surface area (Å²) in [5, 5.41) is 5.77. The van der Waals surface area contributed by atoms with E-state index in [-0.39, 0.29) is 24.0 Å². The number of carbonyl (C=O) groups is 3. The monoisotopic (exact) mass is 430 g/mol. The molecule has 1 aliphatic carbocycles. The van der Waals surface area contributed by atoms with Crippen molar-refractivity contribution in [1.82, 2.24) is 10.6 Å². The quantitative estimate of drug-likeness (QED) is 0.526. The lowest BCUT2D eigenvalue weighted by molar-refractivity contribution is -0.133. The lowest BCUT2D eigenvalue weighted by atomic mass is 9.90. The van der Waals surface area contributed by atoms with Crippen LogP contribution in [0.15, 0.2) is 24.3 Å². The van der Waals surface area contributed by atoms with Crippen molar-refractivity contribution in [2.45, 2.75) is 76.5 Å². The van der Waals surface area contributed by atoms with Crippen LogP contribution in [-0.4, -0.2) is 49.0 Å². The van der Waals surface area contributed by atoms with Crippen LogP contribution in [0.3, 0.4) is 0 Å². The number of benzene rings is 1. The first-order valence-corrected chi connectivity index (χ1v) is 11.3. The maximum atomic E-state index is 13.2. The molecule has 1 aromatic carbocycles. The van der Waals surface area contributed by atoms with E-state index >= 15 is 0 Å². The van der Waals surface area contributed by atoms with E-state index in [2.05, 4.69) is 10.6 Å². The van der Waals surface area contributed by atoms with E-state index in [1.54, 1.807) is 21.0 Å². The molecular weight excluding hydrogens is 396 g/mol. The van der Waals surface area contributed by atoms with Gasteiger partial charge in [-0.25, -0.2) is 0 Å². The number of Topliss-reactive ketones (excluding diaryl/α,β-unsaturated/α-hetero) is 1. The van der Waals surface area contributed by atoms with Crippen molar-refractivity contribution in [3.63, 3.8) is 0 Å². The van der Waals surface area contributed by atoms with Crippen LogP contribution in [0.2, 0.25) is 0 Å². The summed E-state index contributed by atoms with van der Waals surface area (Å²) in [5.74, 6) is 0.546. The van der Waals surface area contributed by atoms with Gasteiger partial charge < -0.3 is 20.1 Å². The second kappa shape index (κ2) is 10.3. The highest BCUT2D eigenvalue weighted by molar-refractivity contribution is 5.97. The van der Waals surface area contributed by atoms with Crippen LogP contribution < -0.4 is 15.4 Å². The summed E-state index contributed by atoms with van der Waals surface area (Å²) in [4.78, 5) is 38.3. The molecule has 3 atom stereocenters. The number of ketones is 1. The molecule has 170 valence electrons. The van der Waals surface area contributed by atoms with Crippen molar-refractivity contribution in [3.8, 4) is 5.75 Å². The van der Waals surface area contributed by atoms with Gasteiger partial charge in [0.2, 0.25) is 11.8 Å². The van der Waals surface area contributed by atoms with Crippen LogP contribution in [-0.2, 0) is 25.5 Å². The Kier molecular flexibility index (Phi) is 7.70. The smallest absolute Gasteiger partial charge is 0.243 e. The van der Waals surface area contributed by atoms with Gasteiger partial charge in [-0.05, 0) is 37.0 Å². The van der Waals surface area contributed by atoms with Crippen LogP contribution in [0.1, 0.15) is 57.9 Å². The Hall–Kier alpha value is -2.41. The topological polar surface area (TPSA) is 97.0 Å². The van der Waals surface area contributed by atoms with Gasteiger partial charge in [-0.1, -0.05) is 44.7 Å². The van der Waals surface area contributed by atoms with Gasteiger partial charge in [0.1, 0.15) is 17.4 Å². The van der Waals surface area contributed by atoms with Crippen LogP contribution in [0.4, 0.5) is 0 Å². The second-order valence-electron chi connectivity index (χ2n) is 8.86. The van der Waals surface area contributed by atoms with Gasteiger partial charge in [-0.15, -0.1) is 0 Å². The summed E-state index contributed by atoms with van der Waals surface area (Å²) >= 11 is 0. The molecule has 1 saturated carbocycles. The summed E-state index contributed by atoms with van der Waals surface area (Å²) < 4.78 is 10.5. The lowest BCUT2D eigenvalue weighted by Crippen LogP contribution is -2.54. The maximum absolute atomic E-state index is 13.2. The minimum Gasteiger partial charge on any atom is -0.497 e. The van der Waals surface area contributed by atoms with Gasteiger partial charge in [-0.3, -0.25) is 14.4 Å². The summed E-state index contributed by atoms with van der Waals surface area (Å²) in [6, 6.07) is 6.04. The predicted molar refractivity (Wildman–Crippen MR) is 117 cm³/mol. The number of epoxide rings is 1. The van der Waals surface area contributed by atoms with E-state index in [0.29, 0.717) is 25.4 Å². The van der Waals surface area contributed by atoms with Crippen LogP contribution in [0, 0.1) is 5.92 Å². The van der Waals surface area contributed by atoms with E-state index in [1.165, 1.54) is 12.8 Å². The maximum Gasteiger partial charge on any atom is 0.243 e. The molecule has 1 saturated heterocycles. The highest BCUT2D eigenvalue weighted by Crippen LogP contribution is 2.33. The van der Waals surface area contributed by atoms with E-state index in [1.807, 2.05) is 24.3 Å². The average molecular weight is 431 g/mol. The first-order chi connectivity index (χ1) is 14.8. The number of carbonyl (C=O) groups excluding carboxylic acids is 3. The first kappa shape index (κ1) is 23.3. The van der Waals surface area contributed by atoms with Gasteiger partial charge in [0.25, 0.3) is 0 Å². The SMILES string of the molecule is CCC(=O)NC(Cc1ccc(OC)cc1)C(=O)NC(CC1CCCC1)C(=O)C1(C)CO1. The zero-order valence-electron chi connectivity index (χ0n) is 18.7. The number of nitrogens with one attached hydrogen (secondary N) is 2. The van der Waals surface area contributed by atoms with E-state index in [4.69, 9.17) is 9.47 Å². The minimum atomic E-state index is -0.797. The number of rotatable bonds is 11. The Balaban J connectivity index is 1.72. The third-order valence-corrected chi connectivity index (χ3v) is 6.35. The van der Waals surface area contributed by atoms with Crippen LogP contribution in [0.5, 0.6) is 5.75 Å². The van der Waals surface area contributed by atoms with Crippen molar-refractivity contribution < 1.29 is 23.9 Å². The van der Waals surface area contributed by atoms with Crippen molar-refractivity contribution in [1.29, 1.82) is 0 Å². The Labute approximate surface area is 184 Å². The Morgan fingerprint density at radius 2 is 1.77 bits per heavy atom. The molecule has 2 fully saturated rings. The third kappa shape index (κ3) is 6.29. The summed E-state index contributed by atoms with van der Waals surface area (Å²) in [7, 11) is 1.60. The van der Waals surface area contributed by atoms with Gasteiger partial charge in [-0.2, -0.15) is 0 Å². The Morgan fingerprint density at radius 1 is 1.13 bits per heavy atom. The molecule has 3 rings (SSSR count). The summed E-state index contributed by atoms with van der Waals surface area (Å²) in [5.41, 5.74) is 0.0998. The normalized spacial score (nSPS) is 22.4. The van der Waals surface area contributed by atoms with E-state index in [9.17, 15) is 14.4 Å². The van der Waals surface area contributed by atoms with Gasteiger partial charge in [0.05, 0.1) is 19.8 Å².